The molecule has 0 saturated carbocycles. The van der Waals surface area contributed by atoms with E-state index in [-0.39, 0.29) is 17.6 Å². The van der Waals surface area contributed by atoms with Crippen LogP contribution in [0.25, 0.3) is 10.7 Å². The van der Waals surface area contributed by atoms with Crippen molar-refractivity contribution in [2.24, 2.45) is 0 Å². The summed E-state index contributed by atoms with van der Waals surface area (Å²) in [5.41, 5.74) is 4.80. The van der Waals surface area contributed by atoms with Gasteiger partial charge in [0.2, 0.25) is 5.91 Å². The number of thiophene rings is 2. The van der Waals surface area contributed by atoms with E-state index < -0.39 is 0 Å². The normalized spacial score (nSPS) is 10.6. The van der Waals surface area contributed by atoms with Crippen molar-refractivity contribution in [2.45, 2.75) is 18.6 Å². The van der Waals surface area contributed by atoms with Gasteiger partial charge in [-0.1, -0.05) is 23.9 Å². The molecule has 10 heteroatoms. The van der Waals surface area contributed by atoms with E-state index in [4.69, 9.17) is 0 Å². The summed E-state index contributed by atoms with van der Waals surface area (Å²) in [6.45, 7) is 2.71. The second kappa shape index (κ2) is 8.28. The van der Waals surface area contributed by atoms with Gasteiger partial charge in [-0.25, -0.2) is 0 Å². The average molecular weight is 394 g/mol. The average Bonchev–Trinajstić information content (AvgIpc) is 3.38. The fraction of sp³-hybridized carbons (Fsp3) is 0.200. The largest absolute Gasteiger partial charge is 0.302 e. The maximum absolute atomic E-state index is 11.9. The minimum Gasteiger partial charge on any atom is -0.302 e. The van der Waals surface area contributed by atoms with Gasteiger partial charge in [0.05, 0.1) is 15.5 Å². The zero-order valence-corrected chi connectivity index (χ0v) is 15.7. The molecule has 2 amide bonds. The van der Waals surface area contributed by atoms with Gasteiger partial charge >= 0.3 is 0 Å². The summed E-state index contributed by atoms with van der Waals surface area (Å²) in [5.74, 6) is 0.294. The van der Waals surface area contributed by atoms with E-state index in [1.807, 2.05) is 29.0 Å². The number of hydrazine groups is 1. The minimum absolute atomic E-state index is 0.132. The van der Waals surface area contributed by atoms with E-state index in [2.05, 4.69) is 21.0 Å². The summed E-state index contributed by atoms with van der Waals surface area (Å²) < 4.78 is 1.97. The van der Waals surface area contributed by atoms with Crippen molar-refractivity contribution in [3.8, 4) is 10.7 Å². The highest BCUT2D eigenvalue weighted by atomic mass is 32.2. The summed E-state index contributed by atoms with van der Waals surface area (Å²) in [4.78, 5) is 25.3. The maximum Gasteiger partial charge on any atom is 0.279 e. The Bertz CT molecular complexity index is 843. The number of carbonyl (C=O) groups excluding carboxylic acids is 2. The predicted octanol–water partition coefficient (Wildman–Crippen LogP) is 2.64. The summed E-state index contributed by atoms with van der Waals surface area (Å²) in [6.07, 6.45) is 0. The highest BCUT2D eigenvalue weighted by molar-refractivity contribution is 7.99. The van der Waals surface area contributed by atoms with Crippen LogP contribution < -0.4 is 10.9 Å². The highest BCUT2D eigenvalue weighted by Crippen LogP contribution is 2.26. The van der Waals surface area contributed by atoms with Crippen LogP contribution in [-0.2, 0) is 11.3 Å². The van der Waals surface area contributed by atoms with Gasteiger partial charge in [-0.15, -0.1) is 32.9 Å². The van der Waals surface area contributed by atoms with Gasteiger partial charge in [0.1, 0.15) is 0 Å². The zero-order chi connectivity index (χ0) is 17.6. The maximum atomic E-state index is 11.9. The van der Waals surface area contributed by atoms with Crippen molar-refractivity contribution in [3.63, 3.8) is 0 Å². The van der Waals surface area contributed by atoms with E-state index >= 15 is 0 Å². The van der Waals surface area contributed by atoms with Gasteiger partial charge in [-0.05, 0) is 29.8 Å². The lowest BCUT2D eigenvalue weighted by atomic mass is 10.4. The number of rotatable bonds is 6. The van der Waals surface area contributed by atoms with Crippen LogP contribution in [0.3, 0.4) is 0 Å². The van der Waals surface area contributed by atoms with Crippen molar-refractivity contribution in [2.75, 3.05) is 5.75 Å². The van der Waals surface area contributed by atoms with Gasteiger partial charge in [-0.2, -0.15) is 0 Å². The molecule has 3 aromatic rings. The Morgan fingerprint density at radius 1 is 1.16 bits per heavy atom. The van der Waals surface area contributed by atoms with Crippen LogP contribution in [0.2, 0.25) is 0 Å². The molecule has 0 aliphatic heterocycles. The van der Waals surface area contributed by atoms with Crippen LogP contribution in [0.1, 0.15) is 16.6 Å². The smallest absolute Gasteiger partial charge is 0.279 e. The number of hydrogen-bond acceptors (Lipinski definition) is 7. The molecule has 2 N–H and O–H groups in total. The number of nitrogens with one attached hydrogen (secondary N) is 2. The van der Waals surface area contributed by atoms with Crippen molar-refractivity contribution < 1.29 is 9.59 Å². The van der Waals surface area contributed by atoms with E-state index in [1.54, 1.807) is 28.8 Å². The monoisotopic (exact) mass is 393 g/mol. The summed E-state index contributed by atoms with van der Waals surface area (Å²) in [6, 6.07) is 7.42. The number of thioether (sulfide) groups is 1. The molecule has 0 saturated heterocycles. The van der Waals surface area contributed by atoms with Crippen LogP contribution >= 0.6 is 34.4 Å². The number of amides is 2. The van der Waals surface area contributed by atoms with Crippen molar-refractivity contribution in [1.82, 2.24) is 25.6 Å². The predicted molar refractivity (Wildman–Crippen MR) is 99.7 cm³/mol. The van der Waals surface area contributed by atoms with Gasteiger partial charge in [0.15, 0.2) is 11.0 Å². The van der Waals surface area contributed by atoms with Gasteiger partial charge in [0, 0.05) is 6.54 Å². The summed E-state index contributed by atoms with van der Waals surface area (Å²) in [5, 5.41) is 12.8. The first-order chi connectivity index (χ1) is 12.2. The Morgan fingerprint density at radius 2 is 1.96 bits per heavy atom. The van der Waals surface area contributed by atoms with Gasteiger partial charge < -0.3 is 4.57 Å². The van der Waals surface area contributed by atoms with Crippen LogP contribution in [0.4, 0.5) is 0 Å². The Morgan fingerprint density at radius 3 is 2.64 bits per heavy atom. The van der Waals surface area contributed by atoms with Crippen LogP contribution in [-0.4, -0.2) is 32.3 Å². The summed E-state index contributed by atoms with van der Waals surface area (Å²) in [7, 11) is 0. The molecule has 0 atom stereocenters. The van der Waals surface area contributed by atoms with E-state index in [9.17, 15) is 9.59 Å². The molecule has 0 aromatic carbocycles. The molecule has 0 unspecified atom stereocenters. The molecular weight excluding hydrogens is 378 g/mol. The second-order valence-corrected chi connectivity index (χ2v) is 7.63. The number of aromatic nitrogens is 3. The number of hydrogen-bond donors (Lipinski definition) is 2. The highest BCUT2D eigenvalue weighted by Gasteiger charge is 2.15. The first kappa shape index (κ1) is 17.6. The van der Waals surface area contributed by atoms with Crippen molar-refractivity contribution in [1.29, 1.82) is 0 Å². The lowest BCUT2D eigenvalue weighted by Crippen LogP contribution is -2.42. The fourth-order valence-electron chi connectivity index (χ4n) is 2.03. The Labute approximate surface area is 156 Å². The second-order valence-electron chi connectivity index (χ2n) is 4.80. The van der Waals surface area contributed by atoms with Crippen LogP contribution in [0.15, 0.2) is 40.2 Å². The molecule has 0 bridgehead atoms. The van der Waals surface area contributed by atoms with E-state index in [1.165, 1.54) is 23.1 Å². The quantitative estimate of drug-likeness (QED) is 0.496. The number of nitrogens with zero attached hydrogens (tertiary/aromatic N) is 3. The standard InChI is InChI=1S/C15H15N5O2S3/c1-2-20-13(10-5-3-7-23-10)17-19-15(20)25-9-12(21)16-18-14(22)11-6-4-8-24-11/h3-8H,2,9H2,1H3,(H,16,21)(H,18,22). The van der Waals surface area contributed by atoms with E-state index in [0.717, 1.165) is 10.7 Å². The first-order valence-corrected chi connectivity index (χ1v) is 10.2. The SMILES string of the molecule is CCn1c(SCC(=O)NNC(=O)c2cccs2)nnc1-c1cccs1. The van der Waals surface area contributed by atoms with Gasteiger partial charge in [-0.3, -0.25) is 20.4 Å². The molecule has 0 radical (unpaired) electrons. The molecule has 0 fully saturated rings. The Kier molecular flexibility index (Phi) is 5.84. The Balaban J connectivity index is 1.55. The number of carbonyl (C=O) groups is 2. The zero-order valence-electron chi connectivity index (χ0n) is 13.3. The third-order valence-corrected chi connectivity index (χ3v) is 5.87. The molecule has 3 heterocycles. The van der Waals surface area contributed by atoms with Gasteiger partial charge in [0.25, 0.3) is 5.91 Å². The molecule has 0 spiro atoms. The molecule has 130 valence electrons. The molecule has 0 aliphatic carbocycles. The third-order valence-electron chi connectivity index (χ3n) is 3.17. The molecule has 7 nitrogen and oxygen atoms in total. The fourth-order valence-corrected chi connectivity index (χ4v) is 4.17. The third kappa shape index (κ3) is 4.27. The Hall–Kier alpha value is -2.17. The summed E-state index contributed by atoms with van der Waals surface area (Å²) >= 11 is 4.19. The molecule has 3 aromatic heterocycles. The molecule has 3 rings (SSSR count). The van der Waals surface area contributed by atoms with Crippen LogP contribution in [0.5, 0.6) is 0 Å². The lowest BCUT2D eigenvalue weighted by molar-refractivity contribution is -0.119. The molecule has 25 heavy (non-hydrogen) atoms. The molecule has 0 aliphatic rings. The van der Waals surface area contributed by atoms with Crippen molar-refractivity contribution >= 4 is 46.2 Å². The molecular formula is C15H15N5O2S3. The minimum atomic E-state index is -0.329. The topological polar surface area (TPSA) is 88.9 Å². The van der Waals surface area contributed by atoms with Crippen LogP contribution in [0, 0.1) is 0 Å². The first-order valence-electron chi connectivity index (χ1n) is 7.41. The van der Waals surface area contributed by atoms with E-state index in [0.29, 0.717) is 16.6 Å². The van der Waals surface area contributed by atoms with Crippen molar-refractivity contribution in [3.05, 3.63) is 39.9 Å². The lowest BCUT2D eigenvalue weighted by Gasteiger charge is -2.07.